The lowest BCUT2D eigenvalue weighted by atomic mass is 9.98. The molecule has 1 aromatic carbocycles. The topological polar surface area (TPSA) is 64.3 Å². The van der Waals surface area contributed by atoms with Crippen molar-refractivity contribution in [2.24, 2.45) is 5.92 Å². The molecule has 1 aliphatic rings. The van der Waals surface area contributed by atoms with E-state index in [1.54, 1.807) is 0 Å². The maximum atomic E-state index is 13.1. The van der Waals surface area contributed by atoms with Crippen LogP contribution in [0.2, 0.25) is 0 Å². The molecule has 1 aromatic rings. The van der Waals surface area contributed by atoms with Crippen molar-refractivity contribution in [1.29, 1.82) is 0 Å². The number of hydrogen-bond donors (Lipinski definition) is 2. The maximum absolute atomic E-state index is 13.1. The smallest absolute Gasteiger partial charge is 0.230 e. The van der Waals surface area contributed by atoms with Gasteiger partial charge in [-0.3, -0.25) is 4.79 Å². The van der Waals surface area contributed by atoms with E-state index in [2.05, 4.69) is 5.32 Å². The normalized spacial score (nSPS) is 23.0. The Bertz CT molecular complexity index is 451. The molecule has 0 aromatic heterocycles. The van der Waals surface area contributed by atoms with Gasteiger partial charge in [-0.2, -0.15) is 0 Å². The first kappa shape index (κ1) is 12.8. The van der Waals surface area contributed by atoms with Crippen LogP contribution in [0.25, 0.3) is 0 Å². The first-order valence-corrected chi connectivity index (χ1v) is 6.09. The number of hydrogen-bond acceptors (Lipinski definition) is 3. The van der Waals surface area contributed by atoms with Crippen LogP contribution < -0.4 is 11.1 Å². The minimum Gasteiger partial charge on any atom is -0.397 e. The molecule has 18 heavy (non-hydrogen) atoms. The zero-order chi connectivity index (χ0) is 13.1. The Morgan fingerprint density at radius 3 is 3.11 bits per heavy atom. The van der Waals surface area contributed by atoms with Crippen molar-refractivity contribution in [1.82, 2.24) is 0 Å². The molecule has 98 valence electrons. The summed E-state index contributed by atoms with van der Waals surface area (Å²) in [5.41, 5.74) is 6.37. The summed E-state index contributed by atoms with van der Waals surface area (Å²) in [6.45, 7) is 2.57. The van der Waals surface area contributed by atoms with Gasteiger partial charge in [0.25, 0.3) is 0 Å². The molecule has 1 amide bonds. The highest BCUT2D eigenvalue weighted by molar-refractivity contribution is 5.95. The number of ether oxygens (including phenoxy) is 1. The summed E-state index contributed by atoms with van der Waals surface area (Å²) >= 11 is 0. The predicted molar refractivity (Wildman–Crippen MR) is 67.6 cm³/mol. The molecule has 0 aliphatic carbocycles. The van der Waals surface area contributed by atoms with Crippen molar-refractivity contribution < 1.29 is 13.9 Å². The number of amides is 1. The SMILES string of the molecule is CCC1OCCC1C(=O)Nc1cc(F)ccc1N. The Labute approximate surface area is 105 Å². The lowest BCUT2D eigenvalue weighted by Crippen LogP contribution is -2.29. The maximum Gasteiger partial charge on any atom is 0.230 e. The Kier molecular flexibility index (Phi) is 3.81. The van der Waals surface area contributed by atoms with Gasteiger partial charge in [-0.25, -0.2) is 4.39 Å². The van der Waals surface area contributed by atoms with Crippen LogP contribution in [0.5, 0.6) is 0 Å². The summed E-state index contributed by atoms with van der Waals surface area (Å²) in [5, 5.41) is 2.67. The fourth-order valence-corrected chi connectivity index (χ4v) is 2.21. The number of halogens is 1. The zero-order valence-corrected chi connectivity index (χ0v) is 10.3. The average Bonchev–Trinajstić information content (AvgIpc) is 2.82. The largest absolute Gasteiger partial charge is 0.397 e. The van der Waals surface area contributed by atoms with Crippen molar-refractivity contribution in [3.63, 3.8) is 0 Å². The number of carbonyl (C=O) groups is 1. The summed E-state index contributed by atoms with van der Waals surface area (Å²) in [6.07, 6.45) is 1.43. The third kappa shape index (κ3) is 2.61. The molecule has 0 radical (unpaired) electrons. The van der Waals surface area contributed by atoms with Gasteiger partial charge in [0.1, 0.15) is 5.82 Å². The van der Waals surface area contributed by atoms with Gasteiger partial charge in [-0.1, -0.05) is 6.92 Å². The van der Waals surface area contributed by atoms with Gasteiger partial charge in [0.2, 0.25) is 5.91 Å². The standard InChI is InChI=1S/C13H17FN2O2/c1-2-12-9(5-6-18-12)13(17)16-11-7-8(14)3-4-10(11)15/h3-4,7,9,12H,2,5-6,15H2,1H3,(H,16,17). The molecule has 2 atom stereocenters. The van der Waals surface area contributed by atoms with E-state index in [9.17, 15) is 9.18 Å². The van der Waals surface area contributed by atoms with Crippen LogP contribution in [0.4, 0.5) is 15.8 Å². The third-order valence-electron chi connectivity index (χ3n) is 3.22. The van der Waals surface area contributed by atoms with Gasteiger partial charge in [0.05, 0.1) is 23.4 Å². The van der Waals surface area contributed by atoms with Crippen LogP contribution in [0, 0.1) is 11.7 Å². The van der Waals surface area contributed by atoms with E-state index in [-0.39, 0.29) is 17.9 Å². The van der Waals surface area contributed by atoms with Gasteiger partial charge in [0, 0.05) is 6.61 Å². The number of carbonyl (C=O) groups excluding carboxylic acids is 1. The molecule has 5 heteroatoms. The highest BCUT2D eigenvalue weighted by atomic mass is 19.1. The summed E-state index contributed by atoms with van der Waals surface area (Å²) in [5.74, 6) is -0.761. The lowest BCUT2D eigenvalue weighted by molar-refractivity contribution is -0.121. The molecule has 1 fully saturated rings. The Balaban J connectivity index is 2.09. The van der Waals surface area contributed by atoms with Gasteiger partial charge in [-0.15, -0.1) is 0 Å². The number of benzene rings is 1. The molecule has 1 heterocycles. The zero-order valence-electron chi connectivity index (χ0n) is 10.3. The van der Waals surface area contributed by atoms with Crippen molar-refractivity contribution in [3.8, 4) is 0 Å². The minimum absolute atomic E-state index is 0.0558. The minimum atomic E-state index is -0.422. The van der Waals surface area contributed by atoms with E-state index in [4.69, 9.17) is 10.5 Å². The van der Waals surface area contributed by atoms with E-state index in [1.165, 1.54) is 18.2 Å². The molecule has 2 rings (SSSR count). The van der Waals surface area contributed by atoms with E-state index < -0.39 is 5.82 Å². The molecule has 2 unspecified atom stereocenters. The van der Waals surface area contributed by atoms with E-state index in [1.807, 2.05) is 6.92 Å². The van der Waals surface area contributed by atoms with Crippen LogP contribution in [0.3, 0.4) is 0 Å². The molecule has 4 nitrogen and oxygen atoms in total. The first-order valence-electron chi connectivity index (χ1n) is 6.09. The molecule has 0 spiro atoms. The monoisotopic (exact) mass is 252 g/mol. The van der Waals surface area contributed by atoms with Crippen LogP contribution in [-0.2, 0) is 9.53 Å². The Hall–Kier alpha value is -1.62. The summed E-state index contributed by atoms with van der Waals surface area (Å²) in [4.78, 5) is 12.1. The first-order chi connectivity index (χ1) is 8.61. The third-order valence-corrected chi connectivity index (χ3v) is 3.22. The second-order valence-corrected chi connectivity index (χ2v) is 4.43. The van der Waals surface area contributed by atoms with Crippen LogP contribution in [0.1, 0.15) is 19.8 Å². The number of anilines is 2. The van der Waals surface area contributed by atoms with Crippen molar-refractivity contribution >= 4 is 17.3 Å². The lowest BCUT2D eigenvalue weighted by Gasteiger charge is -2.17. The van der Waals surface area contributed by atoms with Gasteiger partial charge >= 0.3 is 0 Å². The highest BCUT2D eigenvalue weighted by Crippen LogP contribution is 2.26. The van der Waals surface area contributed by atoms with Crippen LogP contribution in [-0.4, -0.2) is 18.6 Å². The summed E-state index contributed by atoms with van der Waals surface area (Å²) < 4.78 is 18.5. The van der Waals surface area contributed by atoms with E-state index in [0.29, 0.717) is 24.4 Å². The molecular weight excluding hydrogens is 235 g/mol. The van der Waals surface area contributed by atoms with Crippen LogP contribution in [0.15, 0.2) is 18.2 Å². The van der Waals surface area contributed by atoms with E-state index in [0.717, 1.165) is 6.42 Å². The number of nitrogens with two attached hydrogens (primary N) is 1. The molecular formula is C13H17FN2O2. The predicted octanol–water partition coefficient (Wildman–Crippen LogP) is 2.16. The Morgan fingerprint density at radius 2 is 2.39 bits per heavy atom. The molecule has 0 bridgehead atoms. The molecule has 0 saturated carbocycles. The van der Waals surface area contributed by atoms with E-state index >= 15 is 0 Å². The quantitative estimate of drug-likeness (QED) is 0.810. The summed E-state index contributed by atoms with van der Waals surface area (Å²) in [7, 11) is 0. The fraction of sp³-hybridized carbons (Fsp3) is 0.462. The Morgan fingerprint density at radius 1 is 1.61 bits per heavy atom. The average molecular weight is 252 g/mol. The van der Waals surface area contributed by atoms with Crippen molar-refractivity contribution in [2.45, 2.75) is 25.9 Å². The fourth-order valence-electron chi connectivity index (χ4n) is 2.21. The number of nitrogen functional groups attached to an aromatic ring is 1. The van der Waals surface area contributed by atoms with Gasteiger partial charge < -0.3 is 15.8 Å². The van der Waals surface area contributed by atoms with Crippen molar-refractivity contribution in [2.75, 3.05) is 17.7 Å². The van der Waals surface area contributed by atoms with Gasteiger partial charge in [0.15, 0.2) is 0 Å². The second-order valence-electron chi connectivity index (χ2n) is 4.43. The molecule has 3 N–H and O–H groups in total. The molecule has 1 aliphatic heterocycles. The number of rotatable bonds is 3. The second kappa shape index (κ2) is 5.35. The van der Waals surface area contributed by atoms with Gasteiger partial charge in [-0.05, 0) is 31.0 Å². The number of nitrogens with one attached hydrogen (secondary N) is 1. The van der Waals surface area contributed by atoms with Crippen molar-refractivity contribution in [3.05, 3.63) is 24.0 Å². The summed E-state index contributed by atoms with van der Waals surface area (Å²) in [6, 6.07) is 3.93. The molecule has 1 saturated heterocycles. The van der Waals surface area contributed by atoms with Crippen LogP contribution >= 0.6 is 0 Å². The highest BCUT2D eigenvalue weighted by Gasteiger charge is 2.32.